The van der Waals surface area contributed by atoms with Crippen molar-refractivity contribution in [2.75, 3.05) is 5.73 Å². The van der Waals surface area contributed by atoms with Crippen LogP contribution in [0.5, 0.6) is 0 Å². The number of phosphoric acid groups is 3. The minimum atomic E-state index is -6.20. The van der Waals surface area contributed by atoms with Crippen LogP contribution in [0, 0.1) is 0 Å². The van der Waals surface area contributed by atoms with Crippen LogP contribution in [-0.2, 0) is 31.6 Å². The lowest BCUT2D eigenvalue weighted by atomic mass is 10.1. The molecule has 22 heteroatoms. The molecule has 0 aromatic carbocycles. The number of phosphoric ester groups is 1. The van der Waals surface area contributed by atoms with Crippen LogP contribution < -0.4 is 30.9 Å². The highest BCUT2D eigenvalue weighted by atomic mass is 31.3. The molecule has 2 aromatic rings. The van der Waals surface area contributed by atoms with E-state index < -0.39 is 59.7 Å². The number of aliphatic hydroxyl groups is 2. The van der Waals surface area contributed by atoms with Crippen molar-refractivity contribution in [3.05, 3.63) is 16.7 Å². The van der Waals surface area contributed by atoms with Gasteiger partial charge in [0.2, 0.25) is 5.95 Å². The van der Waals surface area contributed by atoms with Gasteiger partial charge < -0.3 is 49.3 Å². The maximum atomic E-state index is 11.9. The highest BCUT2D eigenvalue weighted by molar-refractivity contribution is 7.64. The van der Waals surface area contributed by atoms with Gasteiger partial charge >= 0.3 is 0 Å². The van der Waals surface area contributed by atoms with Gasteiger partial charge in [0.1, 0.15) is 18.3 Å². The number of hydrogen-bond donors (Lipinski definition) is 4. The standard InChI is InChI=1S/C11H18N5O14P3/c1-3(28-32(23,24)30-33(25,26)29-31(20,21)22)7-5(17)6(18)10(27-7)16-2-13-4-8(16)14-11(12)15-9(4)19/h2-3,5-7,10,17-18H,1H3,(H,23,24)(H,25,26)(H2,20,21,22)(H3,12,14,15,19)/p-4/t3-,5?,6-,7+,10+/m0/s1. The van der Waals surface area contributed by atoms with Crippen LogP contribution in [0.25, 0.3) is 11.2 Å². The molecule has 3 heterocycles. The molecule has 1 fully saturated rings. The van der Waals surface area contributed by atoms with Gasteiger partial charge in [-0.1, -0.05) is 0 Å². The van der Waals surface area contributed by atoms with Crippen LogP contribution in [0.3, 0.4) is 0 Å². The van der Waals surface area contributed by atoms with E-state index in [0.717, 1.165) is 17.8 Å². The Hall–Kier alpha value is -1.56. The van der Waals surface area contributed by atoms with E-state index in [1.807, 2.05) is 0 Å². The number of hydrogen-bond acceptors (Lipinski definition) is 17. The summed E-state index contributed by atoms with van der Waals surface area (Å²) < 4.78 is 50.8. The van der Waals surface area contributed by atoms with Gasteiger partial charge in [0.05, 0.1) is 20.3 Å². The number of aromatic amines is 1. The molecule has 2 aromatic heterocycles. The van der Waals surface area contributed by atoms with Crippen molar-refractivity contribution >= 4 is 40.6 Å². The molecule has 0 saturated carbocycles. The smallest absolute Gasteiger partial charge is 0.280 e. The molecular formula is C11H14N5O14P3-4. The minimum absolute atomic E-state index is 0.149. The maximum absolute atomic E-state index is 11.9. The first-order valence-corrected chi connectivity index (χ1v) is 12.9. The summed E-state index contributed by atoms with van der Waals surface area (Å²) in [6, 6.07) is 0. The van der Waals surface area contributed by atoms with Gasteiger partial charge in [-0.05, 0) is 6.92 Å². The molecule has 33 heavy (non-hydrogen) atoms. The molecule has 19 nitrogen and oxygen atoms in total. The number of nitrogen functional groups attached to an aromatic ring is 1. The third-order valence-electron chi connectivity index (χ3n) is 4.16. The first kappa shape index (κ1) is 26.1. The molecule has 1 aliphatic rings. The fraction of sp³-hybridized carbons (Fsp3) is 0.545. The molecule has 3 unspecified atom stereocenters. The van der Waals surface area contributed by atoms with Crippen molar-refractivity contribution < 1.29 is 61.4 Å². The monoisotopic (exact) mass is 533 g/mol. The molecule has 5 N–H and O–H groups in total. The van der Waals surface area contributed by atoms with Crippen molar-refractivity contribution in [3.63, 3.8) is 0 Å². The predicted molar refractivity (Wildman–Crippen MR) is 94.0 cm³/mol. The summed E-state index contributed by atoms with van der Waals surface area (Å²) >= 11 is 0. The summed E-state index contributed by atoms with van der Waals surface area (Å²) in [6.07, 6.45) is -7.44. The second-order valence-electron chi connectivity index (χ2n) is 6.56. The number of nitrogens with one attached hydrogen (secondary N) is 1. The van der Waals surface area contributed by atoms with Crippen LogP contribution in [0.1, 0.15) is 13.2 Å². The van der Waals surface area contributed by atoms with Gasteiger partial charge in [-0.25, -0.2) is 9.29 Å². The van der Waals surface area contributed by atoms with E-state index in [0.29, 0.717) is 0 Å². The van der Waals surface area contributed by atoms with Gasteiger partial charge in [0, 0.05) is 0 Å². The van der Waals surface area contributed by atoms with Crippen molar-refractivity contribution in [3.8, 4) is 0 Å². The second-order valence-corrected chi connectivity index (χ2v) is 10.8. The summed E-state index contributed by atoms with van der Waals surface area (Å²) in [5, 5.41) is 20.6. The Labute approximate surface area is 182 Å². The number of aromatic nitrogens is 4. The highest BCUT2D eigenvalue weighted by Crippen LogP contribution is 2.61. The molecule has 186 valence electrons. The quantitative estimate of drug-likeness (QED) is 0.232. The molecule has 0 radical (unpaired) electrons. The zero-order valence-corrected chi connectivity index (χ0v) is 18.7. The van der Waals surface area contributed by atoms with E-state index in [1.165, 1.54) is 0 Å². The second kappa shape index (κ2) is 8.90. The summed E-state index contributed by atoms with van der Waals surface area (Å²) in [5.74, 6) is -0.301. The molecule has 0 aliphatic carbocycles. The SMILES string of the molecule is C[C@H](OP(=O)([O-])OP(=O)([O-])OP(=O)([O-])[O-])[C@H]1O[C@@H](n2cnc3c(=O)[nH]c(N)nc32)[C@@H](O)C1O. The molecule has 0 bridgehead atoms. The molecule has 1 aliphatic heterocycles. The maximum Gasteiger partial charge on any atom is 0.280 e. The zero-order chi connectivity index (χ0) is 24.9. The van der Waals surface area contributed by atoms with Crippen molar-refractivity contribution in [1.82, 2.24) is 19.5 Å². The molecule has 3 rings (SSSR count). The molecule has 1 saturated heterocycles. The summed E-state index contributed by atoms with van der Waals surface area (Å²) in [7, 11) is -18.3. The number of nitrogens with two attached hydrogens (primary N) is 1. The van der Waals surface area contributed by atoms with E-state index in [9.17, 15) is 48.3 Å². The highest BCUT2D eigenvalue weighted by Gasteiger charge is 2.48. The number of rotatable bonds is 8. The summed E-state index contributed by atoms with van der Waals surface area (Å²) in [4.78, 5) is 65.5. The fourth-order valence-electron chi connectivity index (χ4n) is 2.98. The topological polar surface area (TPSA) is 310 Å². The largest absolute Gasteiger partial charge is 0.790 e. The third kappa shape index (κ3) is 5.93. The average molecular weight is 533 g/mol. The van der Waals surface area contributed by atoms with Gasteiger partial charge in [-0.2, -0.15) is 4.98 Å². The van der Waals surface area contributed by atoms with E-state index in [2.05, 4.69) is 28.1 Å². The normalized spacial score (nSPS) is 28.5. The lowest BCUT2D eigenvalue weighted by Gasteiger charge is -2.38. The number of fused-ring (bicyclic) bond motifs is 1. The number of aliphatic hydroxyl groups excluding tert-OH is 2. The van der Waals surface area contributed by atoms with E-state index in [-0.39, 0.29) is 17.1 Å². The van der Waals surface area contributed by atoms with Gasteiger partial charge in [0.15, 0.2) is 17.4 Å². The Morgan fingerprint density at radius 2 is 1.82 bits per heavy atom. The van der Waals surface area contributed by atoms with Crippen LogP contribution in [-0.4, -0.2) is 54.1 Å². The number of H-pyrrole nitrogens is 1. The molecular weight excluding hydrogens is 519 g/mol. The predicted octanol–water partition coefficient (Wildman–Crippen LogP) is -4.48. The molecule has 7 atom stereocenters. The van der Waals surface area contributed by atoms with Crippen LogP contribution in [0.2, 0.25) is 0 Å². The zero-order valence-electron chi connectivity index (χ0n) is 16.0. The van der Waals surface area contributed by atoms with Gasteiger partial charge in [0.25, 0.3) is 21.2 Å². The lowest BCUT2D eigenvalue weighted by Crippen LogP contribution is -2.38. The van der Waals surface area contributed by atoms with E-state index in [4.69, 9.17) is 10.5 Å². The van der Waals surface area contributed by atoms with Crippen LogP contribution >= 0.6 is 23.5 Å². The number of ether oxygens (including phenoxy) is 1. The van der Waals surface area contributed by atoms with Crippen molar-refractivity contribution in [2.45, 2.75) is 37.6 Å². The Morgan fingerprint density at radius 3 is 2.42 bits per heavy atom. The number of anilines is 1. The molecule has 0 spiro atoms. The Balaban J connectivity index is 1.78. The van der Waals surface area contributed by atoms with Crippen LogP contribution in [0.15, 0.2) is 11.1 Å². The average Bonchev–Trinajstić information content (AvgIpc) is 3.13. The van der Waals surface area contributed by atoms with Crippen LogP contribution in [0.4, 0.5) is 5.95 Å². The Bertz CT molecular complexity index is 1240. The minimum Gasteiger partial charge on any atom is -0.790 e. The first-order chi connectivity index (χ1) is 15.0. The van der Waals surface area contributed by atoms with E-state index in [1.54, 1.807) is 0 Å². The van der Waals surface area contributed by atoms with E-state index >= 15 is 0 Å². The van der Waals surface area contributed by atoms with Gasteiger partial charge in [-0.15, -0.1) is 0 Å². The lowest BCUT2D eigenvalue weighted by molar-refractivity contribution is -0.339. The Kier molecular flexibility index (Phi) is 7.03. The van der Waals surface area contributed by atoms with Crippen molar-refractivity contribution in [1.29, 1.82) is 0 Å². The van der Waals surface area contributed by atoms with Gasteiger partial charge in [-0.3, -0.25) is 27.8 Å². The third-order valence-corrected chi connectivity index (χ3v) is 7.95. The fourth-order valence-corrected chi connectivity index (χ4v) is 6.00. The van der Waals surface area contributed by atoms with Crippen molar-refractivity contribution in [2.24, 2.45) is 0 Å². The number of nitrogens with zero attached hydrogens (tertiary/aromatic N) is 3. The Morgan fingerprint density at radius 1 is 1.18 bits per heavy atom. The first-order valence-electron chi connectivity index (χ1n) is 8.49. The molecule has 0 amide bonds. The summed E-state index contributed by atoms with van der Waals surface area (Å²) in [5.41, 5.74) is 4.41. The summed E-state index contributed by atoms with van der Waals surface area (Å²) in [6.45, 7) is 0.965. The number of imidazole rings is 1.